The summed E-state index contributed by atoms with van der Waals surface area (Å²) in [4.78, 5) is 7.32. The second kappa shape index (κ2) is 2.76. The van der Waals surface area contributed by atoms with Crippen molar-refractivity contribution >= 4 is 16.6 Å². The summed E-state index contributed by atoms with van der Waals surface area (Å²) >= 11 is 0. The zero-order chi connectivity index (χ0) is 9.42. The lowest BCUT2D eigenvalue weighted by molar-refractivity contribution is 0.836. The number of anilines is 1. The minimum absolute atomic E-state index is 0.492. The molecule has 3 heteroatoms. The van der Waals surface area contributed by atoms with Gasteiger partial charge in [0.2, 0.25) is 0 Å². The van der Waals surface area contributed by atoms with E-state index in [1.54, 1.807) is 12.4 Å². The second-order valence-corrected chi connectivity index (χ2v) is 3.57. The van der Waals surface area contributed by atoms with Crippen LogP contribution in [0.1, 0.15) is 25.5 Å². The molecule has 3 nitrogen and oxygen atoms in total. The van der Waals surface area contributed by atoms with Crippen LogP contribution in [0.25, 0.3) is 10.9 Å². The van der Waals surface area contributed by atoms with E-state index >= 15 is 0 Å². The Morgan fingerprint density at radius 2 is 2.15 bits per heavy atom. The predicted molar refractivity (Wildman–Crippen MR) is 54.6 cm³/mol. The van der Waals surface area contributed by atoms with Crippen molar-refractivity contribution in [3.05, 3.63) is 24.2 Å². The highest BCUT2D eigenvalue weighted by atomic mass is 14.8. The van der Waals surface area contributed by atoms with E-state index in [9.17, 15) is 0 Å². The number of nitrogens with one attached hydrogen (secondary N) is 1. The normalized spacial score (nSPS) is 11.3. The van der Waals surface area contributed by atoms with Gasteiger partial charge in [0, 0.05) is 11.1 Å². The molecule has 2 rings (SSSR count). The number of nitrogens with two attached hydrogens (primary N) is 1. The third-order valence-corrected chi connectivity index (χ3v) is 2.22. The number of pyridine rings is 1. The second-order valence-electron chi connectivity index (χ2n) is 3.57. The van der Waals surface area contributed by atoms with Crippen molar-refractivity contribution in [3.8, 4) is 0 Å². The number of rotatable bonds is 1. The first-order valence-electron chi connectivity index (χ1n) is 4.40. The summed E-state index contributed by atoms with van der Waals surface area (Å²) in [7, 11) is 0. The number of fused-ring (bicyclic) bond motifs is 1. The third kappa shape index (κ3) is 1.26. The molecule has 0 aliphatic carbocycles. The van der Waals surface area contributed by atoms with Gasteiger partial charge in [-0.25, -0.2) is 0 Å². The van der Waals surface area contributed by atoms with E-state index in [4.69, 9.17) is 5.73 Å². The van der Waals surface area contributed by atoms with Crippen LogP contribution < -0.4 is 5.73 Å². The highest BCUT2D eigenvalue weighted by Crippen LogP contribution is 2.23. The van der Waals surface area contributed by atoms with Crippen LogP contribution in [0.2, 0.25) is 0 Å². The van der Waals surface area contributed by atoms with Gasteiger partial charge in [-0.2, -0.15) is 0 Å². The fraction of sp³-hybridized carbons (Fsp3) is 0.300. The molecule has 0 fully saturated rings. The number of aromatic nitrogens is 2. The summed E-state index contributed by atoms with van der Waals surface area (Å²) in [6.07, 6.45) is 3.48. The smallest absolute Gasteiger partial charge is 0.0663 e. The zero-order valence-corrected chi connectivity index (χ0v) is 7.83. The number of H-pyrrole nitrogens is 1. The van der Waals surface area contributed by atoms with Crippen LogP contribution in [-0.4, -0.2) is 9.97 Å². The van der Waals surface area contributed by atoms with Crippen molar-refractivity contribution in [2.45, 2.75) is 19.8 Å². The Kier molecular flexibility index (Phi) is 1.72. The lowest BCUT2D eigenvalue weighted by Gasteiger charge is -1.97. The molecule has 0 aromatic carbocycles. The van der Waals surface area contributed by atoms with Crippen LogP contribution in [0.5, 0.6) is 0 Å². The van der Waals surface area contributed by atoms with Crippen molar-refractivity contribution in [1.82, 2.24) is 9.97 Å². The molecule has 68 valence electrons. The molecule has 3 N–H and O–H groups in total. The van der Waals surface area contributed by atoms with E-state index in [2.05, 4.69) is 29.9 Å². The van der Waals surface area contributed by atoms with Gasteiger partial charge in [-0.05, 0) is 12.0 Å². The minimum Gasteiger partial charge on any atom is -0.397 e. The first-order chi connectivity index (χ1) is 6.18. The summed E-state index contributed by atoms with van der Waals surface area (Å²) in [5.41, 5.74) is 8.74. The van der Waals surface area contributed by atoms with E-state index < -0.39 is 0 Å². The zero-order valence-electron chi connectivity index (χ0n) is 7.83. The molecular weight excluding hydrogens is 162 g/mol. The van der Waals surface area contributed by atoms with Crippen LogP contribution >= 0.6 is 0 Å². The third-order valence-electron chi connectivity index (χ3n) is 2.22. The number of hydrogen-bond acceptors (Lipinski definition) is 2. The average Bonchev–Trinajstić information content (AvgIpc) is 2.49. The van der Waals surface area contributed by atoms with E-state index in [0.717, 1.165) is 16.6 Å². The molecule has 0 aliphatic rings. The Morgan fingerprint density at radius 3 is 2.77 bits per heavy atom. The molecule has 2 heterocycles. The molecule has 13 heavy (non-hydrogen) atoms. The van der Waals surface area contributed by atoms with Crippen molar-refractivity contribution in [3.63, 3.8) is 0 Å². The molecule has 0 saturated carbocycles. The van der Waals surface area contributed by atoms with E-state index in [0.29, 0.717) is 5.92 Å². The Morgan fingerprint density at radius 1 is 1.38 bits per heavy atom. The molecule has 0 spiro atoms. The molecule has 2 aromatic heterocycles. The molecule has 2 aromatic rings. The molecule has 0 amide bonds. The van der Waals surface area contributed by atoms with E-state index in [1.807, 2.05) is 0 Å². The summed E-state index contributed by atoms with van der Waals surface area (Å²) < 4.78 is 0. The maximum atomic E-state index is 5.79. The maximum absolute atomic E-state index is 5.79. The van der Waals surface area contributed by atoms with Gasteiger partial charge in [-0.3, -0.25) is 4.98 Å². The molecule has 0 aliphatic heterocycles. The van der Waals surface area contributed by atoms with E-state index in [-0.39, 0.29) is 0 Å². The van der Waals surface area contributed by atoms with Gasteiger partial charge in [0.15, 0.2) is 0 Å². The van der Waals surface area contributed by atoms with Gasteiger partial charge >= 0.3 is 0 Å². The Balaban J connectivity index is 2.68. The van der Waals surface area contributed by atoms with Crippen LogP contribution in [0, 0.1) is 0 Å². The van der Waals surface area contributed by atoms with Gasteiger partial charge in [-0.1, -0.05) is 13.8 Å². The SMILES string of the molecule is CC(C)c1cc2c(N)cncc2[nH]1. The topological polar surface area (TPSA) is 54.7 Å². The van der Waals surface area contributed by atoms with E-state index in [1.165, 1.54) is 5.69 Å². The van der Waals surface area contributed by atoms with Crippen molar-refractivity contribution in [1.29, 1.82) is 0 Å². The Labute approximate surface area is 77.0 Å². The largest absolute Gasteiger partial charge is 0.397 e. The highest BCUT2D eigenvalue weighted by molar-refractivity contribution is 5.90. The van der Waals surface area contributed by atoms with Gasteiger partial charge in [-0.15, -0.1) is 0 Å². The van der Waals surface area contributed by atoms with Crippen LogP contribution in [0.3, 0.4) is 0 Å². The summed E-state index contributed by atoms with van der Waals surface area (Å²) in [6.45, 7) is 4.29. The van der Waals surface area contributed by atoms with Crippen LogP contribution in [0.4, 0.5) is 5.69 Å². The highest BCUT2D eigenvalue weighted by Gasteiger charge is 2.05. The lowest BCUT2D eigenvalue weighted by Crippen LogP contribution is -1.85. The quantitative estimate of drug-likeness (QED) is 0.698. The van der Waals surface area contributed by atoms with Gasteiger partial charge in [0.25, 0.3) is 0 Å². The van der Waals surface area contributed by atoms with Crippen molar-refractivity contribution in [2.75, 3.05) is 5.73 Å². The van der Waals surface area contributed by atoms with Gasteiger partial charge in [0.05, 0.1) is 23.6 Å². The van der Waals surface area contributed by atoms with Crippen molar-refractivity contribution < 1.29 is 0 Å². The predicted octanol–water partition coefficient (Wildman–Crippen LogP) is 2.27. The standard InChI is InChI=1S/C10H13N3/c1-6(2)9-3-7-8(11)4-12-5-10(7)13-9/h3-6,13H,11H2,1-2H3. The molecule has 0 radical (unpaired) electrons. The Hall–Kier alpha value is -1.51. The van der Waals surface area contributed by atoms with Crippen LogP contribution in [-0.2, 0) is 0 Å². The number of hydrogen-bond donors (Lipinski definition) is 2. The summed E-state index contributed by atoms with van der Waals surface area (Å²) in [5, 5.41) is 1.07. The summed E-state index contributed by atoms with van der Waals surface area (Å²) in [5.74, 6) is 0.492. The average molecular weight is 175 g/mol. The lowest BCUT2D eigenvalue weighted by atomic mass is 10.1. The molecular formula is C10H13N3. The molecule has 0 atom stereocenters. The minimum atomic E-state index is 0.492. The summed E-state index contributed by atoms with van der Waals surface area (Å²) in [6, 6.07) is 2.09. The number of nitrogen functional groups attached to an aromatic ring is 1. The number of nitrogens with zero attached hydrogens (tertiary/aromatic N) is 1. The van der Waals surface area contributed by atoms with Gasteiger partial charge < -0.3 is 10.7 Å². The fourth-order valence-corrected chi connectivity index (χ4v) is 1.41. The maximum Gasteiger partial charge on any atom is 0.0663 e. The molecule has 0 saturated heterocycles. The van der Waals surface area contributed by atoms with Crippen LogP contribution in [0.15, 0.2) is 18.5 Å². The van der Waals surface area contributed by atoms with Crippen molar-refractivity contribution in [2.24, 2.45) is 0 Å². The molecule has 0 unspecified atom stereocenters. The first-order valence-corrected chi connectivity index (χ1v) is 4.40. The molecule has 0 bridgehead atoms. The first kappa shape index (κ1) is 8.10. The number of aromatic amines is 1. The monoisotopic (exact) mass is 175 g/mol. The fourth-order valence-electron chi connectivity index (χ4n) is 1.41. The Bertz CT molecular complexity index is 429. The van der Waals surface area contributed by atoms with Gasteiger partial charge in [0.1, 0.15) is 0 Å².